The molecule has 0 heterocycles. The SMILES string of the molecule is CC(C)CCN(C(=O)C1(C(=O)O)CC1)C1CCCC1. The van der Waals surface area contributed by atoms with E-state index >= 15 is 0 Å². The maximum atomic E-state index is 12.6. The molecule has 0 unspecified atom stereocenters. The highest BCUT2D eigenvalue weighted by Gasteiger charge is 2.59. The Labute approximate surface area is 115 Å². The molecule has 0 radical (unpaired) electrons. The normalized spacial score (nSPS) is 21.6. The zero-order valence-electron chi connectivity index (χ0n) is 12.0. The Hall–Kier alpha value is -1.06. The molecule has 2 aliphatic carbocycles. The van der Waals surface area contributed by atoms with Crippen LogP contribution < -0.4 is 0 Å². The summed E-state index contributed by atoms with van der Waals surface area (Å²) in [6, 6.07) is 0.281. The summed E-state index contributed by atoms with van der Waals surface area (Å²) < 4.78 is 0. The average Bonchev–Trinajstić information content (AvgIpc) is 3.00. The molecule has 108 valence electrons. The minimum Gasteiger partial charge on any atom is -0.480 e. The van der Waals surface area contributed by atoms with Crippen molar-refractivity contribution in [3.05, 3.63) is 0 Å². The van der Waals surface area contributed by atoms with Gasteiger partial charge in [-0.3, -0.25) is 9.59 Å². The van der Waals surface area contributed by atoms with Crippen LogP contribution in [0.4, 0.5) is 0 Å². The molecule has 0 atom stereocenters. The number of rotatable bonds is 6. The van der Waals surface area contributed by atoms with Crippen molar-refractivity contribution in [2.45, 2.75) is 64.8 Å². The maximum Gasteiger partial charge on any atom is 0.319 e. The highest BCUT2D eigenvalue weighted by Crippen LogP contribution is 2.48. The third-order valence-electron chi connectivity index (χ3n) is 4.54. The van der Waals surface area contributed by atoms with Gasteiger partial charge < -0.3 is 10.0 Å². The van der Waals surface area contributed by atoms with Gasteiger partial charge in [-0.2, -0.15) is 0 Å². The quantitative estimate of drug-likeness (QED) is 0.753. The van der Waals surface area contributed by atoms with Crippen LogP contribution in [0.1, 0.15) is 58.8 Å². The van der Waals surface area contributed by atoms with E-state index in [4.69, 9.17) is 0 Å². The van der Waals surface area contributed by atoms with Crippen molar-refractivity contribution >= 4 is 11.9 Å². The fourth-order valence-electron chi connectivity index (χ4n) is 2.98. The molecule has 0 bridgehead atoms. The van der Waals surface area contributed by atoms with Crippen LogP contribution in [-0.4, -0.2) is 34.5 Å². The Bertz CT molecular complexity index is 354. The summed E-state index contributed by atoms with van der Waals surface area (Å²) in [5.74, 6) is -0.505. The van der Waals surface area contributed by atoms with Crippen LogP contribution in [0.5, 0.6) is 0 Å². The zero-order valence-corrected chi connectivity index (χ0v) is 12.0. The van der Waals surface area contributed by atoms with Gasteiger partial charge in [-0.25, -0.2) is 0 Å². The minimum absolute atomic E-state index is 0.118. The van der Waals surface area contributed by atoms with Crippen molar-refractivity contribution in [2.75, 3.05) is 6.54 Å². The first-order chi connectivity index (χ1) is 8.97. The van der Waals surface area contributed by atoms with Gasteiger partial charge >= 0.3 is 5.97 Å². The Morgan fingerprint density at radius 1 is 1.26 bits per heavy atom. The van der Waals surface area contributed by atoms with Crippen molar-refractivity contribution in [3.63, 3.8) is 0 Å². The molecule has 0 spiro atoms. The Morgan fingerprint density at radius 2 is 1.84 bits per heavy atom. The van der Waals surface area contributed by atoms with Crippen molar-refractivity contribution in [3.8, 4) is 0 Å². The van der Waals surface area contributed by atoms with Gasteiger partial charge in [0.1, 0.15) is 5.41 Å². The van der Waals surface area contributed by atoms with Crippen molar-refractivity contribution in [1.29, 1.82) is 0 Å². The summed E-state index contributed by atoms with van der Waals surface area (Å²) in [4.78, 5) is 25.8. The molecule has 2 saturated carbocycles. The van der Waals surface area contributed by atoms with Gasteiger partial charge in [0, 0.05) is 12.6 Å². The third-order valence-corrected chi connectivity index (χ3v) is 4.54. The molecule has 4 heteroatoms. The molecule has 19 heavy (non-hydrogen) atoms. The first kappa shape index (κ1) is 14.4. The number of hydrogen-bond acceptors (Lipinski definition) is 2. The van der Waals surface area contributed by atoms with Crippen LogP contribution in [0.3, 0.4) is 0 Å². The lowest BCUT2D eigenvalue weighted by Gasteiger charge is -2.32. The van der Waals surface area contributed by atoms with E-state index < -0.39 is 11.4 Å². The summed E-state index contributed by atoms with van der Waals surface area (Å²) in [5, 5.41) is 9.30. The van der Waals surface area contributed by atoms with E-state index in [1.165, 1.54) is 0 Å². The molecular formula is C15H25NO3. The third kappa shape index (κ3) is 2.93. The molecule has 2 aliphatic rings. The van der Waals surface area contributed by atoms with E-state index in [-0.39, 0.29) is 11.9 Å². The van der Waals surface area contributed by atoms with Gasteiger partial charge in [-0.15, -0.1) is 0 Å². The van der Waals surface area contributed by atoms with E-state index in [1.807, 2.05) is 4.90 Å². The van der Waals surface area contributed by atoms with E-state index in [0.29, 0.717) is 18.8 Å². The molecule has 2 fully saturated rings. The topological polar surface area (TPSA) is 57.6 Å². The van der Waals surface area contributed by atoms with Gasteiger partial charge in [0.15, 0.2) is 0 Å². The fraction of sp³-hybridized carbons (Fsp3) is 0.867. The highest BCUT2D eigenvalue weighted by atomic mass is 16.4. The Balaban J connectivity index is 2.07. The summed E-state index contributed by atoms with van der Waals surface area (Å²) in [6.07, 6.45) is 6.40. The molecule has 0 saturated heterocycles. The van der Waals surface area contributed by atoms with Gasteiger partial charge in [0.2, 0.25) is 5.91 Å². The molecule has 0 aromatic heterocycles. The second kappa shape index (κ2) is 5.51. The largest absolute Gasteiger partial charge is 0.480 e. The van der Waals surface area contributed by atoms with Crippen LogP contribution in [0.2, 0.25) is 0 Å². The van der Waals surface area contributed by atoms with Crippen LogP contribution in [0, 0.1) is 11.3 Å². The Morgan fingerprint density at radius 3 is 2.26 bits per heavy atom. The lowest BCUT2D eigenvalue weighted by atomic mass is 10.0. The predicted octanol–water partition coefficient (Wildman–Crippen LogP) is 2.67. The second-order valence-corrected chi connectivity index (χ2v) is 6.51. The predicted molar refractivity (Wildman–Crippen MR) is 72.7 cm³/mol. The van der Waals surface area contributed by atoms with E-state index in [0.717, 1.165) is 38.6 Å². The second-order valence-electron chi connectivity index (χ2n) is 6.51. The lowest BCUT2D eigenvalue weighted by Crippen LogP contribution is -2.46. The number of amides is 1. The van der Waals surface area contributed by atoms with Crippen molar-refractivity contribution < 1.29 is 14.7 Å². The average molecular weight is 267 g/mol. The number of carboxylic acid groups (broad SMARTS) is 1. The molecule has 1 N–H and O–H groups in total. The van der Waals surface area contributed by atoms with Crippen LogP contribution in [0.25, 0.3) is 0 Å². The van der Waals surface area contributed by atoms with Crippen LogP contribution in [0.15, 0.2) is 0 Å². The number of carbonyl (C=O) groups is 2. The van der Waals surface area contributed by atoms with Gasteiger partial charge in [0.05, 0.1) is 0 Å². The Kier molecular flexibility index (Phi) is 4.16. The first-order valence-electron chi connectivity index (χ1n) is 7.52. The summed E-state index contributed by atoms with van der Waals surface area (Å²) in [6.45, 7) is 5.00. The molecular weight excluding hydrogens is 242 g/mol. The van der Waals surface area contributed by atoms with Crippen LogP contribution in [-0.2, 0) is 9.59 Å². The summed E-state index contributed by atoms with van der Waals surface area (Å²) in [5.41, 5.74) is -1.07. The van der Waals surface area contributed by atoms with Gasteiger partial charge in [-0.05, 0) is 38.0 Å². The maximum absolute atomic E-state index is 12.6. The number of carboxylic acids is 1. The molecule has 4 nitrogen and oxygen atoms in total. The zero-order chi connectivity index (χ0) is 14.0. The molecule has 1 amide bonds. The van der Waals surface area contributed by atoms with E-state index in [2.05, 4.69) is 13.8 Å². The highest BCUT2D eigenvalue weighted by molar-refractivity contribution is 6.04. The molecule has 0 aromatic rings. The molecule has 0 aromatic carbocycles. The van der Waals surface area contributed by atoms with Crippen molar-refractivity contribution in [1.82, 2.24) is 4.90 Å². The lowest BCUT2D eigenvalue weighted by molar-refractivity contribution is -0.154. The number of carbonyl (C=O) groups excluding carboxylic acids is 1. The number of aliphatic carboxylic acids is 1. The smallest absolute Gasteiger partial charge is 0.319 e. The summed E-state index contributed by atoms with van der Waals surface area (Å²) in [7, 11) is 0. The van der Waals surface area contributed by atoms with Gasteiger partial charge in [-0.1, -0.05) is 26.7 Å². The van der Waals surface area contributed by atoms with Crippen molar-refractivity contribution in [2.24, 2.45) is 11.3 Å². The summed E-state index contributed by atoms with van der Waals surface area (Å²) >= 11 is 0. The monoisotopic (exact) mass is 267 g/mol. The van der Waals surface area contributed by atoms with Gasteiger partial charge in [0.25, 0.3) is 0 Å². The van der Waals surface area contributed by atoms with E-state index in [9.17, 15) is 14.7 Å². The fourth-order valence-corrected chi connectivity index (χ4v) is 2.98. The molecule has 0 aliphatic heterocycles. The standard InChI is InChI=1S/C15H25NO3/c1-11(2)7-10-16(12-5-3-4-6-12)13(17)15(8-9-15)14(18)19/h11-12H,3-10H2,1-2H3,(H,18,19). The van der Waals surface area contributed by atoms with Crippen LogP contribution >= 0.6 is 0 Å². The molecule has 2 rings (SSSR count). The van der Waals surface area contributed by atoms with E-state index in [1.54, 1.807) is 0 Å². The number of nitrogens with zero attached hydrogens (tertiary/aromatic N) is 1. The minimum atomic E-state index is -1.07. The number of hydrogen-bond donors (Lipinski definition) is 1. The first-order valence-corrected chi connectivity index (χ1v) is 7.52.